The summed E-state index contributed by atoms with van der Waals surface area (Å²) < 4.78 is 0. The first-order chi connectivity index (χ1) is 8.65. The van der Waals surface area contributed by atoms with Gasteiger partial charge in [-0.05, 0) is 45.2 Å². The molecule has 0 spiro atoms. The van der Waals surface area contributed by atoms with Crippen molar-refractivity contribution in [3.63, 3.8) is 0 Å². The van der Waals surface area contributed by atoms with Gasteiger partial charge in [-0.1, -0.05) is 0 Å². The first-order valence-electron chi connectivity index (χ1n) is 6.39. The van der Waals surface area contributed by atoms with Crippen molar-refractivity contribution in [2.75, 3.05) is 5.43 Å². The summed E-state index contributed by atoms with van der Waals surface area (Å²) in [6, 6.07) is 4.06. The van der Waals surface area contributed by atoms with E-state index in [1.165, 1.54) is 6.42 Å². The third kappa shape index (κ3) is 2.31. The molecule has 5 heteroatoms. The minimum absolute atomic E-state index is 0.00995. The minimum atomic E-state index is 0.00995. The van der Waals surface area contributed by atoms with Crippen molar-refractivity contribution in [1.29, 1.82) is 0 Å². The van der Waals surface area contributed by atoms with E-state index in [1.807, 2.05) is 4.90 Å². The molecule has 1 aliphatic rings. The van der Waals surface area contributed by atoms with E-state index in [0.717, 1.165) is 12.8 Å². The summed E-state index contributed by atoms with van der Waals surface area (Å²) in [6.07, 6.45) is 4.92. The fraction of sp³-hybridized carbons (Fsp3) is 0.538. The van der Waals surface area contributed by atoms with Crippen LogP contribution in [0.4, 0.5) is 5.82 Å². The molecule has 18 heavy (non-hydrogen) atoms. The molecule has 5 nitrogen and oxygen atoms in total. The number of aromatic nitrogens is 1. The number of nitrogen functional groups attached to an aromatic ring is 1. The quantitative estimate of drug-likeness (QED) is 0.618. The number of nitrogens with zero attached hydrogens (tertiary/aromatic N) is 2. The highest BCUT2D eigenvalue weighted by molar-refractivity contribution is 5.99. The van der Waals surface area contributed by atoms with Crippen LogP contribution in [0, 0.1) is 0 Å². The van der Waals surface area contributed by atoms with Crippen LogP contribution in [-0.4, -0.2) is 27.9 Å². The number of hydrogen-bond acceptors (Lipinski definition) is 4. The van der Waals surface area contributed by atoms with Crippen molar-refractivity contribution in [1.82, 2.24) is 9.88 Å². The van der Waals surface area contributed by atoms with Crippen molar-refractivity contribution >= 4 is 11.7 Å². The molecule has 0 saturated carbocycles. The number of amides is 1. The first-order valence-corrected chi connectivity index (χ1v) is 6.39. The highest BCUT2D eigenvalue weighted by Gasteiger charge is 2.30. The van der Waals surface area contributed by atoms with Crippen LogP contribution >= 0.6 is 0 Å². The Morgan fingerprint density at radius 2 is 2.11 bits per heavy atom. The monoisotopic (exact) mass is 248 g/mol. The normalized spacial score (nSPS) is 23.8. The van der Waals surface area contributed by atoms with Crippen LogP contribution in [0.2, 0.25) is 0 Å². The maximum atomic E-state index is 12.6. The van der Waals surface area contributed by atoms with E-state index in [2.05, 4.69) is 24.3 Å². The fourth-order valence-corrected chi connectivity index (χ4v) is 2.65. The van der Waals surface area contributed by atoms with Crippen molar-refractivity contribution in [2.45, 2.75) is 45.2 Å². The van der Waals surface area contributed by atoms with Gasteiger partial charge < -0.3 is 10.3 Å². The molecule has 2 heterocycles. The zero-order chi connectivity index (χ0) is 13.1. The highest BCUT2D eigenvalue weighted by atomic mass is 16.2. The summed E-state index contributed by atoms with van der Waals surface area (Å²) in [5.74, 6) is 5.85. The van der Waals surface area contributed by atoms with Gasteiger partial charge in [-0.15, -0.1) is 0 Å². The topological polar surface area (TPSA) is 71.2 Å². The molecule has 1 fully saturated rings. The predicted molar refractivity (Wildman–Crippen MR) is 71.0 cm³/mol. The van der Waals surface area contributed by atoms with Gasteiger partial charge in [0.15, 0.2) is 5.82 Å². The Hall–Kier alpha value is -1.62. The summed E-state index contributed by atoms with van der Waals surface area (Å²) in [5, 5.41) is 0. The lowest BCUT2D eigenvalue weighted by atomic mass is 9.96. The van der Waals surface area contributed by atoms with E-state index in [1.54, 1.807) is 18.3 Å². The first kappa shape index (κ1) is 12.8. The number of anilines is 1. The van der Waals surface area contributed by atoms with Crippen LogP contribution in [0.5, 0.6) is 0 Å². The number of piperidine rings is 1. The van der Waals surface area contributed by atoms with Crippen molar-refractivity contribution in [3.8, 4) is 0 Å². The lowest BCUT2D eigenvalue weighted by molar-refractivity contribution is 0.0511. The van der Waals surface area contributed by atoms with E-state index in [9.17, 15) is 4.79 Å². The number of carbonyl (C=O) groups excluding carboxylic acids is 1. The summed E-state index contributed by atoms with van der Waals surface area (Å²) in [4.78, 5) is 18.6. The maximum Gasteiger partial charge on any atom is 0.258 e. The van der Waals surface area contributed by atoms with Gasteiger partial charge in [0.1, 0.15) is 0 Å². The molecule has 0 bridgehead atoms. The molecular weight excluding hydrogens is 228 g/mol. The molecule has 1 aromatic rings. The van der Waals surface area contributed by atoms with Crippen molar-refractivity contribution in [2.24, 2.45) is 5.84 Å². The van der Waals surface area contributed by atoms with Crippen molar-refractivity contribution < 1.29 is 4.79 Å². The number of likely N-dealkylation sites (tertiary alicyclic amines) is 1. The van der Waals surface area contributed by atoms with Gasteiger partial charge in [-0.25, -0.2) is 10.8 Å². The molecule has 2 unspecified atom stereocenters. The molecular formula is C13H20N4O. The molecule has 2 atom stereocenters. The van der Waals surface area contributed by atoms with Crippen molar-refractivity contribution in [3.05, 3.63) is 23.9 Å². The lowest BCUT2D eigenvalue weighted by Gasteiger charge is -2.39. The third-order valence-electron chi connectivity index (χ3n) is 3.60. The van der Waals surface area contributed by atoms with E-state index < -0.39 is 0 Å². The van der Waals surface area contributed by atoms with Gasteiger partial charge >= 0.3 is 0 Å². The molecule has 1 aliphatic heterocycles. The number of hydrogen-bond donors (Lipinski definition) is 2. The Balaban J connectivity index is 2.29. The minimum Gasteiger partial charge on any atom is -0.333 e. The predicted octanol–water partition coefficient (Wildman–Crippen LogP) is 1.77. The number of nitrogens with one attached hydrogen (secondary N) is 1. The largest absolute Gasteiger partial charge is 0.333 e. The fourth-order valence-electron chi connectivity index (χ4n) is 2.65. The molecule has 98 valence electrons. The summed E-state index contributed by atoms with van der Waals surface area (Å²) in [7, 11) is 0. The van der Waals surface area contributed by atoms with Crippen LogP contribution in [0.3, 0.4) is 0 Å². The second-order valence-corrected chi connectivity index (χ2v) is 4.89. The molecule has 0 aliphatic carbocycles. The molecule has 0 radical (unpaired) electrons. The van der Waals surface area contributed by atoms with Gasteiger partial charge in [0, 0.05) is 18.3 Å². The van der Waals surface area contributed by atoms with Crippen LogP contribution in [0.1, 0.15) is 43.5 Å². The van der Waals surface area contributed by atoms with E-state index >= 15 is 0 Å². The Bertz CT molecular complexity index is 425. The summed E-state index contributed by atoms with van der Waals surface area (Å²) in [6.45, 7) is 4.19. The zero-order valence-corrected chi connectivity index (χ0v) is 10.9. The van der Waals surface area contributed by atoms with E-state index in [4.69, 9.17) is 5.84 Å². The second kappa shape index (κ2) is 5.35. The maximum absolute atomic E-state index is 12.6. The lowest BCUT2D eigenvalue weighted by Crippen LogP contribution is -2.47. The summed E-state index contributed by atoms with van der Waals surface area (Å²) in [5.41, 5.74) is 3.03. The smallest absolute Gasteiger partial charge is 0.258 e. The number of pyridine rings is 1. The SMILES string of the molecule is CC1CCCC(C)N1C(=O)c1cccnc1NN. The standard InChI is InChI=1S/C13H20N4O/c1-9-5-3-6-10(2)17(9)13(18)11-7-4-8-15-12(11)16-14/h4,7-10H,3,5-6,14H2,1-2H3,(H,15,16). The Labute approximate surface area is 107 Å². The van der Waals surface area contributed by atoms with E-state index in [0.29, 0.717) is 11.4 Å². The molecule has 1 saturated heterocycles. The van der Waals surface area contributed by atoms with Gasteiger partial charge in [0.05, 0.1) is 5.56 Å². The second-order valence-electron chi connectivity index (χ2n) is 4.89. The third-order valence-corrected chi connectivity index (χ3v) is 3.60. The van der Waals surface area contributed by atoms with Gasteiger partial charge in [0.25, 0.3) is 5.91 Å². The average molecular weight is 248 g/mol. The summed E-state index contributed by atoms with van der Waals surface area (Å²) >= 11 is 0. The van der Waals surface area contributed by atoms with Crippen LogP contribution in [-0.2, 0) is 0 Å². The molecule has 2 rings (SSSR count). The van der Waals surface area contributed by atoms with Gasteiger partial charge in [-0.2, -0.15) is 0 Å². The number of rotatable bonds is 2. The van der Waals surface area contributed by atoms with Crippen LogP contribution < -0.4 is 11.3 Å². The average Bonchev–Trinajstić information content (AvgIpc) is 2.38. The van der Waals surface area contributed by atoms with Crippen LogP contribution in [0.15, 0.2) is 18.3 Å². The van der Waals surface area contributed by atoms with Gasteiger partial charge in [0.2, 0.25) is 0 Å². The molecule has 0 aromatic carbocycles. The molecule has 1 aromatic heterocycles. The Morgan fingerprint density at radius 3 is 2.72 bits per heavy atom. The zero-order valence-electron chi connectivity index (χ0n) is 10.9. The van der Waals surface area contributed by atoms with Gasteiger partial charge in [-0.3, -0.25) is 4.79 Å². The molecule has 1 amide bonds. The van der Waals surface area contributed by atoms with E-state index in [-0.39, 0.29) is 18.0 Å². The number of hydrazine groups is 1. The Morgan fingerprint density at radius 1 is 1.44 bits per heavy atom. The Kier molecular flexibility index (Phi) is 3.81. The number of carbonyl (C=O) groups is 1. The molecule has 3 N–H and O–H groups in total. The highest BCUT2D eigenvalue weighted by Crippen LogP contribution is 2.25. The van der Waals surface area contributed by atoms with Crippen LogP contribution in [0.25, 0.3) is 0 Å². The number of nitrogens with two attached hydrogens (primary N) is 1.